The van der Waals surface area contributed by atoms with Gasteiger partial charge in [0.15, 0.2) is 0 Å². The molecule has 0 fully saturated rings. The van der Waals surface area contributed by atoms with Gasteiger partial charge in [0.1, 0.15) is 5.82 Å². The molecule has 104 valence electrons. The molecule has 0 aliphatic rings. The number of amides is 1. The number of benzene rings is 2. The largest absolute Gasteiger partial charge is 0.385 e. The lowest BCUT2D eigenvalue weighted by molar-refractivity contribution is 0.102. The van der Waals surface area contributed by atoms with E-state index in [1.54, 1.807) is 30.9 Å². The van der Waals surface area contributed by atoms with Gasteiger partial charge in [-0.15, -0.1) is 11.8 Å². The predicted octanol–water partition coefficient (Wildman–Crippen LogP) is 3.84. The van der Waals surface area contributed by atoms with Crippen LogP contribution in [0.25, 0.3) is 0 Å². The zero-order valence-corrected chi connectivity index (χ0v) is 12.1. The Balaban J connectivity index is 2.26. The number of hydrogen-bond acceptors (Lipinski definition) is 3. The summed E-state index contributed by atoms with van der Waals surface area (Å²) >= 11 is 1.59. The SMILES string of the molecule is CNc1c(F)cccc1C(=O)Nc1cccc(SC)c1. The van der Waals surface area contributed by atoms with Crippen LogP contribution in [-0.2, 0) is 0 Å². The predicted molar refractivity (Wildman–Crippen MR) is 82.1 cm³/mol. The minimum absolute atomic E-state index is 0.200. The monoisotopic (exact) mass is 290 g/mol. The van der Waals surface area contributed by atoms with Crippen LogP contribution in [0.4, 0.5) is 15.8 Å². The highest BCUT2D eigenvalue weighted by molar-refractivity contribution is 7.98. The number of carbonyl (C=O) groups excluding carboxylic acids is 1. The summed E-state index contributed by atoms with van der Waals surface area (Å²) in [5, 5.41) is 5.49. The van der Waals surface area contributed by atoms with Crippen molar-refractivity contribution in [2.75, 3.05) is 23.9 Å². The molecule has 0 aromatic heterocycles. The molecular weight excluding hydrogens is 275 g/mol. The summed E-state index contributed by atoms with van der Waals surface area (Å²) in [6.07, 6.45) is 1.96. The van der Waals surface area contributed by atoms with E-state index in [0.717, 1.165) is 4.90 Å². The second-order valence-corrected chi connectivity index (χ2v) is 4.98. The fourth-order valence-electron chi connectivity index (χ4n) is 1.87. The third kappa shape index (κ3) is 3.11. The van der Waals surface area contributed by atoms with Crippen LogP contribution in [0.5, 0.6) is 0 Å². The third-order valence-corrected chi connectivity index (χ3v) is 3.56. The first-order chi connectivity index (χ1) is 9.65. The molecule has 0 radical (unpaired) electrons. The topological polar surface area (TPSA) is 41.1 Å². The van der Waals surface area contributed by atoms with Crippen molar-refractivity contribution < 1.29 is 9.18 Å². The molecular formula is C15H15FN2OS. The molecule has 0 heterocycles. The zero-order chi connectivity index (χ0) is 14.5. The van der Waals surface area contributed by atoms with Crippen LogP contribution in [0.2, 0.25) is 0 Å². The van der Waals surface area contributed by atoms with E-state index in [-0.39, 0.29) is 17.2 Å². The van der Waals surface area contributed by atoms with E-state index in [1.807, 2.05) is 24.5 Å². The molecule has 5 heteroatoms. The van der Waals surface area contributed by atoms with Crippen molar-refractivity contribution in [3.8, 4) is 0 Å². The van der Waals surface area contributed by atoms with E-state index in [0.29, 0.717) is 5.69 Å². The quantitative estimate of drug-likeness (QED) is 0.841. The van der Waals surface area contributed by atoms with Crippen molar-refractivity contribution in [1.29, 1.82) is 0 Å². The number of rotatable bonds is 4. The lowest BCUT2D eigenvalue weighted by Gasteiger charge is -2.11. The summed E-state index contributed by atoms with van der Waals surface area (Å²) in [5.41, 5.74) is 1.17. The molecule has 2 N–H and O–H groups in total. The minimum atomic E-state index is -0.446. The smallest absolute Gasteiger partial charge is 0.257 e. The molecule has 0 spiro atoms. The molecule has 0 bridgehead atoms. The molecule has 3 nitrogen and oxygen atoms in total. The summed E-state index contributed by atoms with van der Waals surface area (Å²) in [7, 11) is 1.59. The molecule has 2 aromatic rings. The molecule has 2 aromatic carbocycles. The Kier molecular flexibility index (Phi) is 4.63. The average Bonchev–Trinajstić information content (AvgIpc) is 2.47. The van der Waals surface area contributed by atoms with E-state index < -0.39 is 5.82 Å². The Hall–Kier alpha value is -2.01. The first-order valence-corrected chi connectivity index (χ1v) is 7.30. The average molecular weight is 290 g/mol. The standard InChI is InChI=1S/C15H15FN2OS/c1-17-14-12(7-4-8-13(14)16)15(19)18-10-5-3-6-11(9-10)20-2/h3-9,17H,1-2H3,(H,18,19). The molecule has 0 aliphatic carbocycles. The van der Waals surface area contributed by atoms with Gasteiger partial charge in [-0.3, -0.25) is 4.79 Å². The van der Waals surface area contributed by atoms with Crippen molar-refractivity contribution in [2.24, 2.45) is 0 Å². The first kappa shape index (κ1) is 14.4. The van der Waals surface area contributed by atoms with Crippen molar-refractivity contribution in [3.63, 3.8) is 0 Å². The highest BCUT2D eigenvalue weighted by atomic mass is 32.2. The normalized spacial score (nSPS) is 10.2. The van der Waals surface area contributed by atoms with Crippen LogP contribution in [0, 0.1) is 5.82 Å². The Morgan fingerprint density at radius 2 is 1.95 bits per heavy atom. The molecule has 20 heavy (non-hydrogen) atoms. The van der Waals surface area contributed by atoms with E-state index in [9.17, 15) is 9.18 Å². The Bertz CT molecular complexity index is 631. The van der Waals surface area contributed by atoms with Crippen molar-refractivity contribution in [2.45, 2.75) is 4.90 Å². The lowest BCUT2D eigenvalue weighted by Crippen LogP contribution is -2.14. The summed E-state index contributed by atoms with van der Waals surface area (Å²) < 4.78 is 13.6. The van der Waals surface area contributed by atoms with Gasteiger partial charge in [0.05, 0.1) is 11.3 Å². The summed E-state index contributed by atoms with van der Waals surface area (Å²) in [6, 6.07) is 11.9. The number of para-hydroxylation sites is 1. The first-order valence-electron chi connectivity index (χ1n) is 6.07. The van der Waals surface area contributed by atoms with E-state index in [1.165, 1.54) is 12.1 Å². The minimum Gasteiger partial charge on any atom is -0.385 e. The highest BCUT2D eigenvalue weighted by Crippen LogP contribution is 2.22. The fourth-order valence-corrected chi connectivity index (χ4v) is 2.33. The van der Waals surface area contributed by atoms with Crippen molar-refractivity contribution >= 4 is 29.0 Å². The summed E-state index contributed by atoms with van der Waals surface area (Å²) in [4.78, 5) is 13.3. The van der Waals surface area contributed by atoms with Crippen LogP contribution in [0.1, 0.15) is 10.4 Å². The molecule has 0 atom stereocenters. The fraction of sp³-hybridized carbons (Fsp3) is 0.133. The van der Waals surface area contributed by atoms with Gasteiger partial charge in [0.25, 0.3) is 5.91 Å². The van der Waals surface area contributed by atoms with Gasteiger partial charge in [-0.2, -0.15) is 0 Å². The van der Waals surface area contributed by atoms with Gasteiger partial charge in [-0.25, -0.2) is 4.39 Å². The van der Waals surface area contributed by atoms with E-state index in [2.05, 4.69) is 10.6 Å². The van der Waals surface area contributed by atoms with Crippen molar-refractivity contribution in [3.05, 3.63) is 53.8 Å². The number of hydrogen-bond donors (Lipinski definition) is 2. The van der Waals surface area contributed by atoms with E-state index in [4.69, 9.17) is 0 Å². The lowest BCUT2D eigenvalue weighted by atomic mass is 10.1. The molecule has 0 aliphatic heterocycles. The molecule has 2 rings (SSSR count). The maximum atomic E-state index is 13.6. The summed E-state index contributed by atoms with van der Waals surface area (Å²) in [5.74, 6) is -0.787. The Labute approximate surface area is 121 Å². The maximum Gasteiger partial charge on any atom is 0.257 e. The third-order valence-electron chi connectivity index (χ3n) is 2.84. The second-order valence-electron chi connectivity index (χ2n) is 4.10. The van der Waals surface area contributed by atoms with Gasteiger partial charge in [0.2, 0.25) is 0 Å². The van der Waals surface area contributed by atoms with Crippen LogP contribution >= 0.6 is 11.8 Å². The Morgan fingerprint density at radius 3 is 2.65 bits per heavy atom. The van der Waals surface area contributed by atoms with Gasteiger partial charge in [0, 0.05) is 17.6 Å². The number of carbonyl (C=O) groups is 1. The summed E-state index contributed by atoms with van der Waals surface area (Å²) in [6.45, 7) is 0. The number of halogens is 1. The van der Waals surface area contributed by atoms with Crippen molar-refractivity contribution in [1.82, 2.24) is 0 Å². The maximum absolute atomic E-state index is 13.6. The van der Waals surface area contributed by atoms with E-state index >= 15 is 0 Å². The van der Waals surface area contributed by atoms with Crippen LogP contribution in [0.3, 0.4) is 0 Å². The molecule has 0 unspecified atom stereocenters. The molecule has 0 saturated carbocycles. The van der Waals surface area contributed by atoms with Crippen LogP contribution in [-0.4, -0.2) is 19.2 Å². The van der Waals surface area contributed by atoms with Gasteiger partial charge >= 0.3 is 0 Å². The zero-order valence-electron chi connectivity index (χ0n) is 11.2. The highest BCUT2D eigenvalue weighted by Gasteiger charge is 2.14. The second kappa shape index (κ2) is 6.43. The van der Waals surface area contributed by atoms with Crippen LogP contribution < -0.4 is 10.6 Å². The molecule has 0 saturated heterocycles. The van der Waals surface area contributed by atoms with Gasteiger partial charge < -0.3 is 10.6 Å². The number of thioether (sulfide) groups is 1. The molecule has 1 amide bonds. The Morgan fingerprint density at radius 1 is 1.20 bits per heavy atom. The van der Waals surface area contributed by atoms with Gasteiger partial charge in [-0.1, -0.05) is 12.1 Å². The number of anilines is 2. The van der Waals surface area contributed by atoms with Gasteiger partial charge in [-0.05, 0) is 36.6 Å². The number of nitrogens with one attached hydrogen (secondary N) is 2. The van der Waals surface area contributed by atoms with Crippen LogP contribution in [0.15, 0.2) is 47.4 Å².